The molecule has 1 aliphatic rings. The quantitative estimate of drug-likeness (QED) is 0.540. The number of aromatic nitrogens is 4. The third-order valence-corrected chi connectivity index (χ3v) is 5.79. The number of aliphatic hydroxyl groups is 1. The molecule has 1 saturated heterocycles. The van der Waals surface area contributed by atoms with Crippen LogP contribution in [0.25, 0.3) is 10.9 Å². The van der Waals surface area contributed by atoms with Gasteiger partial charge in [0.2, 0.25) is 5.95 Å². The van der Waals surface area contributed by atoms with Crippen LogP contribution in [0.5, 0.6) is 0 Å². The molecule has 7 nitrogen and oxygen atoms in total. The van der Waals surface area contributed by atoms with Gasteiger partial charge in [0.1, 0.15) is 6.17 Å². The van der Waals surface area contributed by atoms with Crippen LogP contribution in [0.2, 0.25) is 10.2 Å². The number of alkyl halides is 1. The van der Waals surface area contributed by atoms with Gasteiger partial charge in [-0.25, -0.2) is 19.0 Å². The van der Waals surface area contributed by atoms with Crippen molar-refractivity contribution in [3.63, 3.8) is 0 Å². The van der Waals surface area contributed by atoms with E-state index in [1.807, 2.05) is 6.07 Å². The number of halogens is 3. The summed E-state index contributed by atoms with van der Waals surface area (Å²) >= 11 is 12.8. The van der Waals surface area contributed by atoms with E-state index in [1.54, 1.807) is 32.3 Å². The molecule has 1 fully saturated rings. The Morgan fingerprint density at radius 3 is 2.87 bits per heavy atom. The molecule has 0 unspecified atom stereocenters. The van der Waals surface area contributed by atoms with Gasteiger partial charge >= 0.3 is 0 Å². The minimum Gasteiger partial charge on any atom is -0.389 e. The third kappa shape index (κ3) is 4.51. The Morgan fingerprint density at radius 1 is 1.33 bits per heavy atom. The predicted octanol–water partition coefficient (Wildman–Crippen LogP) is 4.06. The van der Waals surface area contributed by atoms with Crippen molar-refractivity contribution in [2.75, 3.05) is 18.4 Å². The van der Waals surface area contributed by atoms with Gasteiger partial charge in [0.05, 0.1) is 29.5 Å². The van der Waals surface area contributed by atoms with Crippen molar-refractivity contribution in [2.45, 2.75) is 44.5 Å². The number of anilines is 2. The lowest BCUT2D eigenvalue weighted by molar-refractivity contribution is 0.0578. The second-order valence-electron chi connectivity index (χ2n) is 8.19. The average molecular weight is 453 g/mol. The van der Waals surface area contributed by atoms with Crippen molar-refractivity contribution in [3.05, 3.63) is 40.3 Å². The van der Waals surface area contributed by atoms with Gasteiger partial charge in [-0.05, 0) is 44.5 Å². The summed E-state index contributed by atoms with van der Waals surface area (Å²) in [6.07, 6.45) is 2.90. The van der Waals surface area contributed by atoms with E-state index >= 15 is 0 Å². The lowest BCUT2D eigenvalue weighted by atomic mass is 9.88. The topological polar surface area (TPSA) is 87.9 Å². The number of fused-ring (bicyclic) bond motifs is 1. The normalized spacial score (nSPS) is 19.9. The number of rotatable bonds is 5. The van der Waals surface area contributed by atoms with Crippen LogP contribution >= 0.6 is 23.2 Å². The first-order chi connectivity index (χ1) is 14.2. The van der Waals surface area contributed by atoms with Crippen LogP contribution in [0.3, 0.4) is 0 Å². The molecule has 3 heterocycles. The van der Waals surface area contributed by atoms with Gasteiger partial charge in [0.15, 0.2) is 5.15 Å². The van der Waals surface area contributed by atoms with E-state index in [0.29, 0.717) is 40.3 Å². The zero-order valence-electron chi connectivity index (χ0n) is 16.7. The van der Waals surface area contributed by atoms with Crippen LogP contribution in [0.4, 0.5) is 16.0 Å². The predicted molar refractivity (Wildman–Crippen MR) is 116 cm³/mol. The van der Waals surface area contributed by atoms with Gasteiger partial charge in [-0.1, -0.05) is 23.2 Å². The third-order valence-electron chi connectivity index (χ3n) is 5.06. The molecule has 3 N–H and O–H groups in total. The zero-order valence-corrected chi connectivity index (χ0v) is 18.2. The number of piperidine rings is 1. The van der Waals surface area contributed by atoms with Gasteiger partial charge < -0.3 is 15.7 Å². The Bertz CT molecular complexity index is 1070. The Kier molecular flexibility index (Phi) is 5.85. The summed E-state index contributed by atoms with van der Waals surface area (Å²) in [5, 5.41) is 21.9. The summed E-state index contributed by atoms with van der Waals surface area (Å²) < 4.78 is 15.9. The maximum Gasteiger partial charge on any atom is 0.227 e. The van der Waals surface area contributed by atoms with E-state index < -0.39 is 11.8 Å². The monoisotopic (exact) mass is 452 g/mol. The number of hydrogen-bond acceptors (Lipinski definition) is 6. The Balaban J connectivity index is 1.62. The number of nitrogens with zero attached hydrogens (tertiary/aromatic N) is 4. The van der Waals surface area contributed by atoms with Crippen molar-refractivity contribution < 1.29 is 9.50 Å². The summed E-state index contributed by atoms with van der Waals surface area (Å²) in [6.45, 7) is 4.68. The molecule has 0 spiro atoms. The summed E-state index contributed by atoms with van der Waals surface area (Å²) in [7, 11) is 0. The second-order valence-corrected chi connectivity index (χ2v) is 8.95. The first-order valence-corrected chi connectivity index (χ1v) is 10.5. The van der Waals surface area contributed by atoms with Gasteiger partial charge in [0.25, 0.3) is 0 Å². The van der Waals surface area contributed by atoms with E-state index in [0.717, 1.165) is 17.5 Å². The SMILES string of the molecule is CC(C)(O)Cn1ncc(Nc2ncc3cc(Cl)c([C@@H]4CCNC[C@H]4F)cc3n2)c1Cl. The molecular weight excluding hydrogens is 430 g/mol. The van der Waals surface area contributed by atoms with Crippen molar-refractivity contribution in [1.29, 1.82) is 0 Å². The van der Waals surface area contributed by atoms with Crippen molar-refractivity contribution in [3.8, 4) is 0 Å². The zero-order chi connectivity index (χ0) is 21.5. The van der Waals surface area contributed by atoms with E-state index in [4.69, 9.17) is 23.2 Å². The Labute approximate surface area is 183 Å². The van der Waals surface area contributed by atoms with E-state index in [-0.39, 0.29) is 12.5 Å². The molecule has 30 heavy (non-hydrogen) atoms. The largest absolute Gasteiger partial charge is 0.389 e. The van der Waals surface area contributed by atoms with Crippen LogP contribution in [0, 0.1) is 0 Å². The second kappa shape index (κ2) is 8.26. The molecule has 4 rings (SSSR count). The molecule has 0 amide bonds. The first kappa shape index (κ1) is 21.2. The number of hydrogen-bond donors (Lipinski definition) is 3. The van der Waals surface area contributed by atoms with E-state index in [1.165, 1.54) is 4.68 Å². The minimum absolute atomic E-state index is 0.245. The average Bonchev–Trinajstić information content (AvgIpc) is 3.00. The van der Waals surface area contributed by atoms with Crippen molar-refractivity contribution >= 4 is 45.7 Å². The van der Waals surface area contributed by atoms with Crippen LogP contribution in [-0.4, -0.2) is 49.7 Å². The van der Waals surface area contributed by atoms with Crippen molar-refractivity contribution in [1.82, 2.24) is 25.1 Å². The highest BCUT2D eigenvalue weighted by Crippen LogP contribution is 2.35. The summed E-state index contributed by atoms with van der Waals surface area (Å²) in [6, 6.07) is 3.62. The van der Waals surface area contributed by atoms with Crippen molar-refractivity contribution in [2.24, 2.45) is 0 Å². The fraction of sp³-hybridized carbons (Fsp3) is 0.450. The summed E-state index contributed by atoms with van der Waals surface area (Å²) in [5.41, 5.74) is 0.999. The van der Waals surface area contributed by atoms with Gasteiger partial charge in [0, 0.05) is 29.1 Å². The van der Waals surface area contributed by atoms with Crippen LogP contribution < -0.4 is 10.6 Å². The lowest BCUT2D eigenvalue weighted by Gasteiger charge is -2.27. The number of benzene rings is 1. The molecule has 160 valence electrons. The Morgan fingerprint density at radius 2 is 2.13 bits per heavy atom. The van der Waals surface area contributed by atoms with Crippen LogP contribution in [-0.2, 0) is 6.54 Å². The maximum atomic E-state index is 14.4. The summed E-state index contributed by atoms with van der Waals surface area (Å²) in [5.74, 6) is 0.0756. The number of nitrogens with one attached hydrogen (secondary N) is 2. The van der Waals surface area contributed by atoms with E-state index in [9.17, 15) is 9.50 Å². The molecule has 0 radical (unpaired) electrons. The maximum absolute atomic E-state index is 14.4. The smallest absolute Gasteiger partial charge is 0.227 e. The lowest BCUT2D eigenvalue weighted by Crippen LogP contribution is -2.36. The highest BCUT2D eigenvalue weighted by molar-refractivity contribution is 6.32. The van der Waals surface area contributed by atoms with Gasteiger partial charge in [-0.2, -0.15) is 5.10 Å². The standard InChI is InChI=1S/C20H23Cl2FN6O/c1-20(2,30)10-29-18(22)17(9-26-29)28-19-25-7-11-5-14(21)13(6-16(11)27-19)12-3-4-24-8-15(12)23/h5-7,9,12,15,24,30H,3-4,8,10H2,1-2H3,(H,25,27,28)/t12-,15+/m0/s1. The molecule has 0 aliphatic carbocycles. The fourth-order valence-electron chi connectivity index (χ4n) is 3.63. The molecular formula is C20H23Cl2FN6O. The minimum atomic E-state index is -0.992. The highest BCUT2D eigenvalue weighted by Gasteiger charge is 2.28. The molecule has 2 aromatic heterocycles. The molecule has 2 atom stereocenters. The molecule has 1 aromatic carbocycles. The molecule has 10 heteroatoms. The molecule has 0 bridgehead atoms. The Hall–Kier alpha value is -2.00. The fourth-order valence-corrected chi connectivity index (χ4v) is 4.15. The molecule has 3 aromatic rings. The van der Waals surface area contributed by atoms with Crippen LogP contribution in [0.1, 0.15) is 31.7 Å². The molecule has 1 aliphatic heterocycles. The van der Waals surface area contributed by atoms with Gasteiger partial charge in [-0.3, -0.25) is 0 Å². The van der Waals surface area contributed by atoms with E-state index in [2.05, 4.69) is 25.7 Å². The van der Waals surface area contributed by atoms with Gasteiger partial charge in [-0.15, -0.1) is 0 Å². The summed E-state index contributed by atoms with van der Waals surface area (Å²) in [4.78, 5) is 8.87. The molecule has 0 saturated carbocycles. The highest BCUT2D eigenvalue weighted by atomic mass is 35.5. The first-order valence-electron chi connectivity index (χ1n) is 9.73. The van der Waals surface area contributed by atoms with Crippen LogP contribution in [0.15, 0.2) is 24.5 Å².